The number of hydrogen-bond acceptors (Lipinski definition) is 3. The molecule has 0 amide bonds. The van der Waals surface area contributed by atoms with Crippen LogP contribution in [0, 0.1) is 0 Å². The second-order valence-corrected chi connectivity index (χ2v) is 4.40. The number of benzene rings is 1. The minimum atomic E-state index is -0.612. The Hall–Kier alpha value is -1.16. The van der Waals surface area contributed by atoms with Gasteiger partial charge >= 0.3 is 0 Å². The van der Waals surface area contributed by atoms with Crippen LogP contribution in [-0.2, 0) is 6.54 Å². The van der Waals surface area contributed by atoms with E-state index in [4.69, 9.17) is 0 Å². The van der Waals surface area contributed by atoms with Crippen molar-refractivity contribution >= 4 is 6.08 Å². The van der Waals surface area contributed by atoms with Crippen molar-refractivity contribution in [2.75, 3.05) is 0 Å². The van der Waals surface area contributed by atoms with Gasteiger partial charge in [-0.3, -0.25) is 0 Å². The molecule has 0 saturated heterocycles. The molecule has 100 valence electrons. The van der Waals surface area contributed by atoms with Crippen molar-refractivity contribution in [2.24, 2.45) is 0 Å². The van der Waals surface area contributed by atoms with Gasteiger partial charge in [0.2, 0.25) is 0 Å². The van der Waals surface area contributed by atoms with E-state index in [-0.39, 0.29) is 0 Å². The second kappa shape index (κ2) is 7.31. The van der Waals surface area contributed by atoms with Crippen molar-refractivity contribution in [3.8, 4) is 0 Å². The van der Waals surface area contributed by atoms with E-state index in [2.05, 4.69) is 6.58 Å². The molecule has 0 aromatic heterocycles. The van der Waals surface area contributed by atoms with E-state index in [0.717, 1.165) is 11.1 Å². The Labute approximate surface area is 109 Å². The van der Waals surface area contributed by atoms with Crippen LogP contribution in [0.2, 0.25) is 0 Å². The standard InChI is InChI=1S/C15H23NO2/c1-4-12-7-9-13(10-8-12)11-16(14(17)5-2)15(18)6-3/h4,7-10,14-15,17-18H,1,5-6,11H2,2-3H3. The summed E-state index contributed by atoms with van der Waals surface area (Å²) in [6, 6.07) is 7.96. The number of aliphatic hydroxyl groups excluding tert-OH is 2. The SMILES string of the molecule is C=Cc1ccc(CN(C(O)CC)C(O)CC)cc1. The molecular formula is C15H23NO2. The second-order valence-electron chi connectivity index (χ2n) is 4.40. The van der Waals surface area contributed by atoms with Crippen LogP contribution in [0.15, 0.2) is 30.8 Å². The highest BCUT2D eigenvalue weighted by molar-refractivity contribution is 5.47. The molecule has 2 atom stereocenters. The number of nitrogens with zero attached hydrogens (tertiary/aromatic N) is 1. The third kappa shape index (κ3) is 3.95. The molecule has 18 heavy (non-hydrogen) atoms. The summed E-state index contributed by atoms with van der Waals surface area (Å²) < 4.78 is 0. The molecule has 0 aliphatic rings. The third-order valence-corrected chi connectivity index (χ3v) is 3.08. The summed E-state index contributed by atoms with van der Waals surface area (Å²) in [5.74, 6) is 0. The maximum Gasteiger partial charge on any atom is 0.109 e. The van der Waals surface area contributed by atoms with Crippen LogP contribution in [0.4, 0.5) is 0 Å². The molecular weight excluding hydrogens is 226 g/mol. The third-order valence-electron chi connectivity index (χ3n) is 3.08. The van der Waals surface area contributed by atoms with Crippen LogP contribution < -0.4 is 0 Å². The fourth-order valence-corrected chi connectivity index (χ4v) is 1.85. The number of aliphatic hydroxyl groups is 2. The van der Waals surface area contributed by atoms with Crippen molar-refractivity contribution in [1.29, 1.82) is 0 Å². The molecule has 3 heteroatoms. The molecule has 1 aromatic carbocycles. The molecule has 3 nitrogen and oxygen atoms in total. The molecule has 0 saturated carbocycles. The van der Waals surface area contributed by atoms with Gasteiger partial charge < -0.3 is 10.2 Å². The monoisotopic (exact) mass is 249 g/mol. The lowest BCUT2D eigenvalue weighted by Gasteiger charge is -2.31. The van der Waals surface area contributed by atoms with Gasteiger partial charge in [0, 0.05) is 6.54 Å². The lowest BCUT2D eigenvalue weighted by atomic mass is 10.1. The molecule has 1 rings (SSSR count). The van der Waals surface area contributed by atoms with E-state index < -0.39 is 12.5 Å². The topological polar surface area (TPSA) is 43.7 Å². The predicted octanol–water partition coefficient (Wildman–Crippen LogP) is 2.59. The fraction of sp³-hybridized carbons (Fsp3) is 0.467. The number of rotatable bonds is 7. The summed E-state index contributed by atoms with van der Waals surface area (Å²) >= 11 is 0. The largest absolute Gasteiger partial charge is 0.378 e. The van der Waals surface area contributed by atoms with Crippen LogP contribution in [0.5, 0.6) is 0 Å². The van der Waals surface area contributed by atoms with Gasteiger partial charge in [-0.05, 0) is 24.0 Å². The molecule has 0 fully saturated rings. The van der Waals surface area contributed by atoms with Gasteiger partial charge in [-0.25, -0.2) is 4.90 Å². The first kappa shape index (κ1) is 14.9. The van der Waals surface area contributed by atoms with E-state index in [1.165, 1.54) is 0 Å². The zero-order valence-corrected chi connectivity index (χ0v) is 11.2. The summed E-state index contributed by atoms with van der Waals surface area (Å²) in [5, 5.41) is 19.9. The Kier molecular flexibility index (Phi) is 6.05. The van der Waals surface area contributed by atoms with Crippen LogP contribution in [0.25, 0.3) is 6.08 Å². The summed E-state index contributed by atoms with van der Waals surface area (Å²) in [6.45, 7) is 8.06. The van der Waals surface area contributed by atoms with Crippen molar-refractivity contribution in [3.63, 3.8) is 0 Å². The van der Waals surface area contributed by atoms with Crippen LogP contribution >= 0.6 is 0 Å². The van der Waals surface area contributed by atoms with Gasteiger partial charge in [-0.15, -0.1) is 0 Å². The van der Waals surface area contributed by atoms with Gasteiger partial charge in [0.05, 0.1) is 0 Å². The van der Waals surface area contributed by atoms with Gasteiger partial charge in [0.1, 0.15) is 12.5 Å². The van der Waals surface area contributed by atoms with Crippen molar-refractivity contribution in [2.45, 2.75) is 45.7 Å². The smallest absolute Gasteiger partial charge is 0.109 e. The zero-order valence-electron chi connectivity index (χ0n) is 11.2. The number of hydrogen-bond donors (Lipinski definition) is 2. The van der Waals surface area contributed by atoms with E-state index in [9.17, 15) is 10.2 Å². The summed E-state index contributed by atoms with van der Waals surface area (Å²) in [4.78, 5) is 1.71. The first-order chi connectivity index (χ1) is 8.62. The molecule has 0 radical (unpaired) electrons. The molecule has 0 bridgehead atoms. The van der Waals surface area contributed by atoms with Gasteiger partial charge in [0.15, 0.2) is 0 Å². The normalized spacial score (nSPS) is 14.5. The molecule has 0 heterocycles. The predicted molar refractivity (Wildman–Crippen MR) is 74.7 cm³/mol. The summed E-state index contributed by atoms with van der Waals surface area (Å²) in [6.07, 6.45) is 1.77. The van der Waals surface area contributed by atoms with Crippen LogP contribution in [0.1, 0.15) is 37.8 Å². The lowest BCUT2D eigenvalue weighted by molar-refractivity contribution is -0.109. The quantitative estimate of drug-likeness (QED) is 0.730. The molecule has 0 spiro atoms. The minimum Gasteiger partial charge on any atom is -0.378 e. The highest BCUT2D eigenvalue weighted by Gasteiger charge is 2.20. The average molecular weight is 249 g/mol. The molecule has 1 aromatic rings. The summed E-state index contributed by atoms with van der Waals surface area (Å²) in [5.41, 5.74) is 2.14. The van der Waals surface area contributed by atoms with Gasteiger partial charge in [0.25, 0.3) is 0 Å². The van der Waals surface area contributed by atoms with Crippen molar-refractivity contribution in [3.05, 3.63) is 42.0 Å². The molecule has 2 unspecified atom stereocenters. The Balaban J connectivity index is 2.78. The maximum atomic E-state index is 9.93. The van der Waals surface area contributed by atoms with E-state index >= 15 is 0 Å². The Morgan fingerprint density at radius 3 is 2.00 bits per heavy atom. The molecule has 2 N–H and O–H groups in total. The Bertz CT molecular complexity index is 351. The lowest BCUT2D eigenvalue weighted by Crippen LogP contribution is -2.42. The van der Waals surface area contributed by atoms with Crippen molar-refractivity contribution < 1.29 is 10.2 Å². The maximum absolute atomic E-state index is 9.93. The van der Waals surface area contributed by atoms with E-state index in [1.807, 2.05) is 38.1 Å². The van der Waals surface area contributed by atoms with Crippen LogP contribution in [-0.4, -0.2) is 27.6 Å². The fourth-order valence-electron chi connectivity index (χ4n) is 1.85. The van der Waals surface area contributed by atoms with E-state index in [1.54, 1.807) is 11.0 Å². The minimum absolute atomic E-state index is 0.543. The molecule has 0 aliphatic heterocycles. The Morgan fingerprint density at radius 1 is 1.11 bits per heavy atom. The molecule has 0 aliphatic carbocycles. The first-order valence-electron chi connectivity index (χ1n) is 6.45. The highest BCUT2D eigenvalue weighted by atomic mass is 16.3. The summed E-state index contributed by atoms with van der Waals surface area (Å²) in [7, 11) is 0. The average Bonchev–Trinajstić information content (AvgIpc) is 2.43. The highest BCUT2D eigenvalue weighted by Crippen LogP contribution is 2.15. The van der Waals surface area contributed by atoms with E-state index in [0.29, 0.717) is 19.4 Å². The zero-order chi connectivity index (χ0) is 13.5. The van der Waals surface area contributed by atoms with Crippen molar-refractivity contribution in [1.82, 2.24) is 4.90 Å². The Morgan fingerprint density at radius 2 is 1.61 bits per heavy atom. The van der Waals surface area contributed by atoms with Crippen LogP contribution in [0.3, 0.4) is 0 Å². The van der Waals surface area contributed by atoms with Gasteiger partial charge in [-0.1, -0.05) is 50.8 Å². The van der Waals surface area contributed by atoms with Gasteiger partial charge in [-0.2, -0.15) is 0 Å². The first-order valence-corrected chi connectivity index (χ1v) is 6.45.